The van der Waals surface area contributed by atoms with E-state index in [9.17, 15) is 30.0 Å². The van der Waals surface area contributed by atoms with E-state index in [2.05, 4.69) is 29.0 Å². The minimum Gasteiger partial charge on any atom is -0.507 e. The Hall–Kier alpha value is -4.08. The minimum atomic E-state index is -1.63. The third kappa shape index (κ3) is 2.20. The monoisotopic (exact) mass is 455 g/mol. The normalized spacial score (nSPS) is 30.1. The Morgan fingerprint density at radius 3 is 2.50 bits per heavy atom. The number of benzene rings is 2. The van der Waals surface area contributed by atoms with Crippen LogP contribution in [0.4, 0.5) is 5.69 Å². The predicted molar refractivity (Wildman–Crippen MR) is 118 cm³/mol. The number of aliphatic hydroxyl groups is 2. The number of fused-ring (bicyclic) bond motifs is 4. The third-order valence-electron chi connectivity index (χ3n) is 6.96. The van der Waals surface area contributed by atoms with Gasteiger partial charge >= 0.3 is 0 Å². The zero-order valence-electron chi connectivity index (χ0n) is 17.7. The average Bonchev–Trinajstić information content (AvgIpc) is 3.53. The lowest BCUT2D eigenvalue weighted by Gasteiger charge is -2.37. The Balaban J connectivity index is 1.70. The summed E-state index contributed by atoms with van der Waals surface area (Å²) < 4.78 is 6.10. The maximum Gasteiger partial charge on any atom is 0.200 e. The number of ether oxygens (including phenoxy) is 1. The fraction of sp³-hybridized carbons (Fsp3) is 0.231. The molecule has 4 aliphatic rings. The zero-order valence-corrected chi connectivity index (χ0v) is 17.7. The molecule has 0 saturated carbocycles. The van der Waals surface area contributed by atoms with Gasteiger partial charge in [0.05, 0.1) is 28.5 Å². The maximum absolute atomic E-state index is 13.6. The highest BCUT2D eigenvalue weighted by Crippen LogP contribution is 2.67. The van der Waals surface area contributed by atoms with Gasteiger partial charge in [-0.25, -0.2) is 0 Å². The number of hydrogen-bond donors (Lipinski definition) is 5. The zero-order chi connectivity index (χ0) is 24.0. The SMILES string of the molecule is CC(O)C12OC13c1cc(O)c4c(c1NC2C#CC=CC#CC3O)C(=O)c1c(O)cccc1C4=O. The molecule has 0 radical (unpaired) electrons. The van der Waals surface area contributed by atoms with Crippen LogP contribution in [0, 0.1) is 23.7 Å². The molecular weight excluding hydrogens is 438 g/mol. The number of aromatic hydroxyl groups is 2. The van der Waals surface area contributed by atoms with E-state index in [4.69, 9.17) is 4.74 Å². The number of rotatable bonds is 1. The standard InChI is InChI=1S/C26H17NO7/c1-12(28)25-17-9-4-2-3-5-10-18(31)26(25,34-25)14-11-16(30)20-21(22(14)27-17)24(33)19-13(23(20)32)7-6-8-15(19)29/h2-3,6-8,11-12,17-18,27-31H,1H3. The molecule has 168 valence electrons. The Labute approximate surface area is 193 Å². The third-order valence-corrected chi connectivity index (χ3v) is 6.96. The van der Waals surface area contributed by atoms with Gasteiger partial charge < -0.3 is 30.5 Å². The second kappa shape index (κ2) is 6.49. The topological polar surface area (TPSA) is 140 Å². The molecule has 0 spiro atoms. The highest BCUT2D eigenvalue weighted by molar-refractivity contribution is 6.32. The molecule has 8 heteroatoms. The lowest BCUT2D eigenvalue weighted by molar-refractivity contribution is 0.0867. The van der Waals surface area contributed by atoms with E-state index in [1.54, 1.807) is 0 Å². The van der Waals surface area contributed by atoms with Crippen LogP contribution in [0.15, 0.2) is 36.4 Å². The van der Waals surface area contributed by atoms with Crippen LogP contribution in [-0.4, -0.2) is 55.8 Å². The first kappa shape index (κ1) is 20.5. The Morgan fingerprint density at radius 2 is 1.76 bits per heavy atom. The Kier molecular flexibility index (Phi) is 3.92. The van der Waals surface area contributed by atoms with Crippen LogP contribution in [0.1, 0.15) is 44.3 Å². The molecule has 0 amide bonds. The lowest BCUT2D eigenvalue weighted by Crippen LogP contribution is -2.54. The van der Waals surface area contributed by atoms with Crippen molar-refractivity contribution in [3.63, 3.8) is 0 Å². The number of carbonyl (C=O) groups excluding carboxylic acids is 2. The molecule has 2 aromatic carbocycles. The van der Waals surface area contributed by atoms with Crippen molar-refractivity contribution in [2.45, 2.75) is 36.4 Å². The first-order valence-electron chi connectivity index (χ1n) is 10.6. The number of carbonyl (C=O) groups is 2. The van der Waals surface area contributed by atoms with Crippen molar-refractivity contribution in [1.82, 2.24) is 0 Å². The molecular formula is C26H17NO7. The summed E-state index contributed by atoms with van der Waals surface area (Å²) in [7, 11) is 0. The minimum absolute atomic E-state index is 0.0268. The van der Waals surface area contributed by atoms with Crippen molar-refractivity contribution >= 4 is 17.3 Å². The number of aliphatic hydroxyl groups excluding tert-OH is 2. The van der Waals surface area contributed by atoms with Crippen LogP contribution in [0.3, 0.4) is 0 Å². The summed E-state index contributed by atoms with van der Waals surface area (Å²) in [6, 6.07) is 4.49. The quantitative estimate of drug-likeness (QED) is 0.208. The number of phenols is 2. The maximum atomic E-state index is 13.6. The first-order chi connectivity index (χ1) is 16.3. The van der Waals surface area contributed by atoms with Gasteiger partial charge in [-0.1, -0.05) is 35.8 Å². The van der Waals surface area contributed by atoms with Crippen molar-refractivity contribution in [3.05, 3.63) is 64.2 Å². The molecule has 5 N–H and O–H groups in total. The highest BCUT2D eigenvalue weighted by Gasteiger charge is 2.82. The summed E-state index contributed by atoms with van der Waals surface area (Å²) in [6.45, 7) is 1.49. The van der Waals surface area contributed by atoms with Gasteiger partial charge in [-0.15, -0.1) is 0 Å². The predicted octanol–water partition coefficient (Wildman–Crippen LogP) is 0.950. The number of allylic oxidation sites excluding steroid dienone is 2. The molecule has 1 fully saturated rings. The lowest BCUT2D eigenvalue weighted by atomic mass is 9.69. The van der Waals surface area contributed by atoms with Gasteiger partial charge in [0.15, 0.2) is 28.9 Å². The largest absolute Gasteiger partial charge is 0.507 e. The molecule has 2 bridgehead atoms. The summed E-state index contributed by atoms with van der Waals surface area (Å²) in [5, 5.41) is 46.3. The Bertz CT molecular complexity index is 1500. The van der Waals surface area contributed by atoms with Crippen LogP contribution < -0.4 is 5.32 Å². The van der Waals surface area contributed by atoms with Crippen molar-refractivity contribution in [3.8, 4) is 35.2 Å². The van der Waals surface area contributed by atoms with E-state index in [1.807, 2.05) is 0 Å². The molecule has 8 nitrogen and oxygen atoms in total. The summed E-state index contributed by atoms with van der Waals surface area (Å²) in [4.78, 5) is 26.9. The number of ketones is 2. The summed E-state index contributed by atoms with van der Waals surface area (Å²) in [6.07, 6.45) is 0.361. The van der Waals surface area contributed by atoms with E-state index in [0.717, 1.165) is 0 Å². The molecule has 34 heavy (non-hydrogen) atoms. The number of epoxide rings is 1. The van der Waals surface area contributed by atoms with E-state index in [1.165, 1.54) is 43.3 Å². The second-order valence-electron chi connectivity index (χ2n) is 8.62. The summed E-state index contributed by atoms with van der Waals surface area (Å²) in [5.41, 5.74) is -3.38. The molecule has 2 aromatic rings. The van der Waals surface area contributed by atoms with E-state index in [-0.39, 0.29) is 39.3 Å². The smallest absolute Gasteiger partial charge is 0.200 e. The van der Waals surface area contributed by atoms with E-state index in [0.29, 0.717) is 0 Å². The van der Waals surface area contributed by atoms with Gasteiger partial charge in [0, 0.05) is 11.1 Å². The molecule has 2 aliphatic heterocycles. The van der Waals surface area contributed by atoms with Gasteiger partial charge in [0.2, 0.25) is 0 Å². The van der Waals surface area contributed by atoms with Crippen molar-refractivity contribution in [2.24, 2.45) is 0 Å². The van der Waals surface area contributed by atoms with Gasteiger partial charge in [-0.3, -0.25) is 9.59 Å². The number of phenolic OH excluding ortho intramolecular Hbond substituents is 2. The van der Waals surface area contributed by atoms with E-state index < -0.39 is 46.8 Å². The highest BCUT2D eigenvalue weighted by atomic mass is 16.7. The molecule has 5 atom stereocenters. The van der Waals surface area contributed by atoms with Crippen LogP contribution in [0.2, 0.25) is 0 Å². The molecule has 5 unspecified atom stereocenters. The summed E-state index contributed by atoms with van der Waals surface area (Å²) >= 11 is 0. The number of anilines is 1. The Morgan fingerprint density at radius 1 is 1.03 bits per heavy atom. The first-order valence-corrected chi connectivity index (χ1v) is 10.6. The van der Waals surface area contributed by atoms with Crippen LogP contribution in [-0.2, 0) is 10.3 Å². The van der Waals surface area contributed by atoms with E-state index >= 15 is 0 Å². The fourth-order valence-electron chi connectivity index (χ4n) is 5.47. The van der Waals surface area contributed by atoms with Crippen molar-refractivity contribution < 1.29 is 34.8 Å². The molecule has 2 aliphatic carbocycles. The number of hydrogen-bond acceptors (Lipinski definition) is 8. The fourth-order valence-corrected chi connectivity index (χ4v) is 5.47. The number of nitrogens with one attached hydrogen (secondary N) is 1. The summed E-state index contributed by atoms with van der Waals surface area (Å²) in [5.74, 6) is 8.94. The molecule has 1 saturated heterocycles. The molecule has 0 aromatic heterocycles. The van der Waals surface area contributed by atoms with Gasteiger partial charge in [-0.2, -0.15) is 0 Å². The van der Waals surface area contributed by atoms with Crippen LogP contribution in [0.5, 0.6) is 11.5 Å². The van der Waals surface area contributed by atoms with Gasteiger partial charge in [0.1, 0.15) is 17.5 Å². The second-order valence-corrected chi connectivity index (χ2v) is 8.62. The van der Waals surface area contributed by atoms with Crippen molar-refractivity contribution in [2.75, 3.05) is 5.32 Å². The van der Waals surface area contributed by atoms with Crippen molar-refractivity contribution in [1.29, 1.82) is 0 Å². The average molecular weight is 455 g/mol. The van der Waals surface area contributed by atoms with Gasteiger partial charge in [0.25, 0.3) is 0 Å². The van der Waals surface area contributed by atoms with Crippen LogP contribution in [0.25, 0.3) is 0 Å². The molecule has 2 heterocycles. The van der Waals surface area contributed by atoms with Gasteiger partial charge in [-0.05, 0) is 31.2 Å². The van der Waals surface area contributed by atoms with Crippen LogP contribution >= 0.6 is 0 Å². The molecule has 6 rings (SSSR count).